The molecule has 0 atom stereocenters. The Hall–Kier alpha value is -3.42. The molecule has 0 aliphatic carbocycles. The number of carbonyl (C=O) groups excluding carboxylic acids is 2. The third-order valence-corrected chi connectivity index (χ3v) is 5.21. The van der Waals surface area contributed by atoms with Crippen molar-refractivity contribution in [1.82, 2.24) is 9.88 Å². The number of likely N-dealkylation sites (tertiary alicyclic amines) is 1. The number of anilines is 1. The fraction of sp³-hybridized carbons (Fsp3) is 0.286. The van der Waals surface area contributed by atoms with Crippen molar-refractivity contribution in [3.05, 3.63) is 64.4 Å². The van der Waals surface area contributed by atoms with Crippen molar-refractivity contribution in [3.63, 3.8) is 0 Å². The summed E-state index contributed by atoms with van der Waals surface area (Å²) in [4.78, 5) is 40.0. The number of aromatic nitrogens is 1. The largest absolute Gasteiger partial charge is 0.417 e. The Bertz CT molecular complexity index is 1100. The van der Waals surface area contributed by atoms with Gasteiger partial charge in [-0.25, -0.2) is 9.18 Å². The van der Waals surface area contributed by atoms with Crippen LogP contribution in [0.5, 0.6) is 0 Å². The van der Waals surface area contributed by atoms with Crippen LogP contribution in [-0.2, 0) is 16.0 Å². The first-order valence-corrected chi connectivity index (χ1v) is 9.45. The predicted molar refractivity (Wildman–Crippen MR) is 105 cm³/mol. The van der Waals surface area contributed by atoms with E-state index in [1.807, 2.05) is 0 Å². The molecule has 1 aliphatic rings. The fourth-order valence-electron chi connectivity index (χ4n) is 3.65. The Labute approximate surface area is 165 Å². The number of oxazole rings is 1. The number of nitrogens with zero attached hydrogens (tertiary/aromatic N) is 1. The molecule has 0 radical (unpaired) electrons. The van der Waals surface area contributed by atoms with Gasteiger partial charge in [-0.15, -0.1) is 0 Å². The van der Waals surface area contributed by atoms with Crippen LogP contribution in [0.15, 0.2) is 51.7 Å². The van der Waals surface area contributed by atoms with Crippen LogP contribution in [0.2, 0.25) is 0 Å². The molecule has 150 valence electrons. The van der Waals surface area contributed by atoms with Crippen molar-refractivity contribution in [2.24, 2.45) is 5.92 Å². The molecular formula is C21H20FN3O4. The number of piperidine rings is 1. The molecule has 7 nitrogen and oxygen atoms in total. The zero-order chi connectivity index (χ0) is 20.4. The number of aromatic amines is 1. The van der Waals surface area contributed by atoms with Crippen LogP contribution in [0.25, 0.3) is 11.1 Å². The van der Waals surface area contributed by atoms with E-state index in [-0.39, 0.29) is 5.82 Å². The summed E-state index contributed by atoms with van der Waals surface area (Å²) >= 11 is 0. The van der Waals surface area contributed by atoms with Crippen LogP contribution < -0.4 is 11.1 Å². The third-order valence-electron chi connectivity index (χ3n) is 5.21. The van der Waals surface area contributed by atoms with E-state index in [0.717, 1.165) is 24.8 Å². The topological polar surface area (TPSA) is 95.4 Å². The van der Waals surface area contributed by atoms with Crippen LogP contribution in [0, 0.1) is 11.7 Å². The number of H-pyrrole nitrogens is 1. The summed E-state index contributed by atoms with van der Waals surface area (Å²) < 4.78 is 18.0. The van der Waals surface area contributed by atoms with Gasteiger partial charge in [0.1, 0.15) is 5.82 Å². The minimum absolute atomic E-state index is 0.252. The number of carbonyl (C=O) groups is 2. The summed E-state index contributed by atoms with van der Waals surface area (Å²) in [5, 5.41) is 2.56. The van der Waals surface area contributed by atoms with E-state index in [1.54, 1.807) is 29.2 Å². The third kappa shape index (κ3) is 4.37. The highest BCUT2D eigenvalue weighted by Crippen LogP contribution is 2.22. The molecule has 29 heavy (non-hydrogen) atoms. The maximum atomic E-state index is 13.0. The monoisotopic (exact) mass is 396 g/mol. The fourth-order valence-corrected chi connectivity index (χ4v) is 3.65. The van der Waals surface area contributed by atoms with Crippen LogP contribution >= 0.6 is 0 Å². The van der Waals surface area contributed by atoms with Crippen molar-refractivity contribution in [2.45, 2.75) is 19.3 Å². The Morgan fingerprint density at radius 2 is 1.86 bits per heavy atom. The van der Waals surface area contributed by atoms with Gasteiger partial charge >= 0.3 is 17.6 Å². The molecular weight excluding hydrogens is 376 g/mol. The summed E-state index contributed by atoms with van der Waals surface area (Å²) in [6.07, 6.45) is 2.41. The first kappa shape index (κ1) is 18.9. The van der Waals surface area contributed by atoms with Gasteiger partial charge in [0, 0.05) is 24.8 Å². The summed E-state index contributed by atoms with van der Waals surface area (Å²) in [6.45, 7) is 1.01. The molecule has 0 saturated carbocycles. The SMILES string of the molecule is O=C(Nc1ccc2[nH]c(=O)oc2c1)C(=O)N1CCC(Cc2ccc([18F])cc2)CC1. The average Bonchev–Trinajstić information content (AvgIpc) is 3.09. The lowest BCUT2D eigenvalue weighted by molar-refractivity contribution is -0.144. The maximum absolute atomic E-state index is 13.0. The Balaban J connectivity index is 1.31. The van der Waals surface area contributed by atoms with E-state index in [1.165, 1.54) is 18.2 Å². The van der Waals surface area contributed by atoms with E-state index in [4.69, 9.17) is 4.42 Å². The first-order valence-electron chi connectivity index (χ1n) is 9.45. The molecule has 2 N–H and O–H groups in total. The van der Waals surface area contributed by atoms with Gasteiger partial charge in [0.25, 0.3) is 0 Å². The van der Waals surface area contributed by atoms with Gasteiger partial charge in [0.05, 0.1) is 5.52 Å². The van der Waals surface area contributed by atoms with Gasteiger partial charge in [-0.1, -0.05) is 12.1 Å². The van der Waals surface area contributed by atoms with Gasteiger partial charge < -0.3 is 14.6 Å². The summed E-state index contributed by atoms with van der Waals surface area (Å²) in [7, 11) is 0. The van der Waals surface area contributed by atoms with Crippen LogP contribution in [0.4, 0.5) is 10.1 Å². The minimum Gasteiger partial charge on any atom is -0.408 e. The number of fused-ring (bicyclic) bond motifs is 1. The van der Waals surface area contributed by atoms with Crippen molar-refractivity contribution in [1.29, 1.82) is 0 Å². The van der Waals surface area contributed by atoms with Crippen molar-refractivity contribution in [3.8, 4) is 0 Å². The van der Waals surface area contributed by atoms with E-state index in [2.05, 4.69) is 10.3 Å². The highest BCUT2D eigenvalue weighted by atomic mass is 18.2. The summed E-state index contributed by atoms with van der Waals surface area (Å²) in [5.41, 5.74) is 2.27. The second-order valence-corrected chi connectivity index (χ2v) is 7.25. The standard InChI is InChI=1S/C21H20FN3O4/c22-15-3-1-13(2-4-15)11-14-7-9-25(10-8-14)20(27)19(26)23-16-5-6-17-18(12-16)29-21(28)24-17/h1-6,12,14H,7-11H2,(H,23,26)(H,24,28)/i22-1. The highest BCUT2D eigenvalue weighted by molar-refractivity contribution is 6.39. The van der Waals surface area contributed by atoms with Crippen molar-refractivity contribution >= 4 is 28.6 Å². The van der Waals surface area contributed by atoms with Gasteiger partial charge in [0.2, 0.25) is 0 Å². The Morgan fingerprint density at radius 1 is 1.14 bits per heavy atom. The molecule has 2 aromatic carbocycles. The lowest BCUT2D eigenvalue weighted by atomic mass is 9.90. The lowest BCUT2D eigenvalue weighted by Gasteiger charge is -2.31. The molecule has 2 amide bonds. The minimum atomic E-state index is -0.723. The number of benzene rings is 2. The molecule has 1 aliphatic heterocycles. The number of hydrogen-bond acceptors (Lipinski definition) is 4. The smallest absolute Gasteiger partial charge is 0.408 e. The molecule has 0 spiro atoms. The Morgan fingerprint density at radius 3 is 2.59 bits per heavy atom. The van der Waals surface area contributed by atoms with Gasteiger partial charge in [0.15, 0.2) is 5.58 Å². The van der Waals surface area contributed by atoms with E-state index < -0.39 is 17.6 Å². The van der Waals surface area contributed by atoms with Gasteiger partial charge in [-0.2, -0.15) is 0 Å². The zero-order valence-electron chi connectivity index (χ0n) is 15.6. The maximum Gasteiger partial charge on any atom is 0.417 e. The first-order chi connectivity index (χ1) is 14.0. The molecule has 8 heteroatoms. The molecule has 4 rings (SSSR count). The number of nitrogens with one attached hydrogen (secondary N) is 2. The van der Waals surface area contributed by atoms with Crippen molar-refractivity contribution in [2.75, 3.05) is 18.4 Å². The quantitative estimate of drug-likeness (QED) is 0.666. The second-order valence-electron chi connectivity index (χ2n) is 7.25. The zero-order valence-corrected chi connectivity index (χ0v) is 15.6. The molecule has 1 saturated heterocycles. The summed E-state index contributed by atoms with van der Waals surface area (Å²) in [6, 6.07) is 11.2. The van der Waals surface area contributed by atoms with Crippen molar-refractivity contribution < 1.29 is 18.4 Å². The number of rotatable bonds is 3. The van der Waals surface area contributed by atoms with Gasteiger partial charge in [-0.3, -0.25) is 14.6 Å². The molecule has 0 bridgehead atoms. The molecule has 1 aromatic heterocycles. The van der Waals surface area contributed by atoms with E-state index in [0.29, 0.717) is 35.8 Å². The number of amides is 2. The predicted octanol–water partition coefficient (Wildman–Crippen LogP) is 2.68. The number of hydrogen-bond donors (Lipinski definition) is 2. The Kier molecular flexibility index (Phi) is 5.16. The van der Waals surface area contributed by atoms with Crippen LogP contribution in [0.1, 0.15) is 18.4 Å². The lowest BCUT2D eigenvalue weighted by Crippen LogP contribution is -2.44. The van der Waals surface area contributed by atoms with Crippen LogP contribution in [0.3, 0.4) is 0 Å². The molecule has 1 fully saturated rings. The highest BCUT2D eigenvalue weighted by Gasteiger charge is 2.27. The molecule has 3 aromatic rings. The van der Waals surface area contributed by atoms with E-state index >= 15 is 0 Å². The van der Waals surface area contributed by atoms with E-state index in [9.17, 15) is 18.8 Å². The average molecular weight is 396 g/mol. The normalized spacial score (nSPS) is 14.9. The van der Waals surface area contributed by atoms with Crippen LogP contribution in [-0.4, -0.2) is 34.8 Å². The van der Waals surface area contributed by atoms with Gasteiger partial charge in [-0.05, 0) is 55.0 Å². The second kappa shape index (κ2) is 7.90. The molecule has 2 heterocycles. The number of halogens is 1. The summed E-state index contributed by atoms with van der Waals surface area (Å²) in [5.74, 6) is -1.74. The molecule has 0 unspecified atom stereocenters.